The molecule has 1 N–H and O–H groups in total. The Bertz CT molecular complexity index is 448. The Morgan fingerprint density at radius 1 is 1.00 bits per heavy atom. The first-order valence-corrected chi connectivity index (χ1v) is 4.60. The molecule has 1 aliphatic carbocycles. The normalized spacial score (nSPS) is 17.6. The Morgan fingerprint density at radius 2 is 1.79 bits per heavy atom. The van der Waals surface area contributed by atoms with E-state index in [4.69, 9.17) is 0 Å². The number of pyridine rings is 1. The van der Waals surface area contributed by atoms with Gasteiger partial charge in [-0.1, -0.05) is 30.3 Å². The number of hydrogen-bond donors (Lipinski definition) is 1. The van der Waals surface area contributed by atoms with Crippen LogP contribution in [0.4, 0.5) is 0 Å². The summed E-state index contributed by atoms with van der Waals surface area (Å²) in [5.41, 5.74) is 3.88. The fourth-order valence-electron chi connectivity index (χ4n) is 1.99. The first-order chi connectivity index (χ1) is 6.88. The summed E-state index contributed by atoms with van der Waals surface area (Å²) in [4.78, 5) is 4.20. The molecule has 0 bridgehead atoms. The van der Waals surface area contributed by atoms with E-state index in [1.807, 2.05) is 36.4 Å². The van der Waals surface area contributed by atoms with E-state index >= 15 is 0 Å². The van der Waals surface area contributed by atoms with Gasteiger partial charge in [0.2, 0.25) is 0 Å². The third-order valence-corrected chi connectivity index (χ3v) is 2.64. The lowest BCUT2D eigenvalue weighted by molar-refractivity contribution is 0.220. The molecule has 1 unspecified atom stereocenters. The molecule has 1 aliphatic rings. The van der Waals surface area contributed by atoms with Crippen molar-refractivity contribution in [1.82, 2.24) is 4.98 Å². The summed E-state index contributed by atoms with van der Waals surface area (Å²) in [6.07, 6.45) is 1.16. The molecule has 0 fully saturated rings. The Morgan fingerprint density at radius 3 is 2.71 bits per heavy atom. The van der Waals surface area contributed by atoms with Crippen molar-refractivity contribution in [3.63, 3.8) is 0 Å². The van der Waals surface area contributed by atoms with Crippen LogP contribution in [-0.2, 0) is 0 Å². The standard InChI is InChI=1S/C12H9NO/c14-12-10-5-2-1-4-8(10)9-6-3-7-13-11(9)12/h1-7,12,14H. The number of hydrogen-bond acceptors (Lipinski definition) is 2. The van der Waals surface area contributed by atoms with E-state index in [2.05, 4.69) is 4.98 Å². The molecule has 3 rings (SSSR count). The van der Waals surface area contributed by atoms with Crippen molar-refractivity contribution in [1.29, 1.82) is 0 Å². The summed E-state index contributed by atoms with van der Waals surface area (Å²) in [5.74, 6) is 0. The van der Waals surface area contributed by atoms with Crippen LogP contribution in [0.5, 0.6) is 0 Å². The maximum atomic E-state index is 9.97. The van der Waals surface area contributed by atoms with Gasteiger partial charge in [-0.2, -0.15) is 0 Å². The zero-order chi connectivity index (χ0) is 9.54. The molecule has 0 radical (unpaired) electrons. The molecule has 0 aliphatic heterocycles. The fraction of sp³-hybridized carbons (Fsp3) is 0.0833. The highest BCUT2D eigenvalue weighted by Gasteiger charge is 2.26. The highest BCUT2D eigenvalue weighted by molar-refractivity contribution is 5.76. The van der Waals surface area contributed by atoms with Crippen LogP contribution in [0.25, 0.3) is 11.1 Å². The average Bonchev–Trinajstić information content (AvgIpc) is 2.55. The molecule has 2 aromatic rings. The predicted molar refractivity (Wildman–Crippen MR) is 53.7 cm³/mol. The highest BCUT2D eigenvalue weighted by Crippen LogP contribution is 2.41. The van der Waals surface area contributed by atoms with Gasteiger partial charge in [0.1, 0.15) is 6.10 Å². The molecular weight excluding hydrogens is 174 g/mol. The average molecular weight is 183 g/mol. The third kappa shape index (κ3) is 0.860. The SMILES string of the molecule is OC1c2ccccc2-c2cccnc21. The van der Waals surface area contributed by atoms with Crippen LogP contribution in [0, 0.1) is 0 Å². The molecule has 68 valence electrons. The van der Waals surface area contributed by atoms with Crippen LogP contribution in [-0.4, -0.2) is 10.1 Å². The van der Waals surface area contributed by atoms with E-state index in [0.29, 0.717) is 0 Å². The molecule has 0 saturated carbocycles. The quantitative estimate of drug-likeness (QED) is 0.678. The van der Waals surface area contributed by atoms with Crippen molar-refractivity contribution < 1.29 is 5.11 Å². The highest BCUT2D eigenvalue weighted by atomic mass is 16.3. The van der Waals surface area contributed by atoms with Gasteiger partial charge in [-0.25, -0.2) is 0 Å². The lowest BCUT2D eigenvalue weighted by atomic mass is 10.1. The van der Waals surface area contributed by atoms with Crippen LogP contribution < -0.4 is 0 Å². The second-order valence-corrected chi connectivity index (χ2v) is 3.43. The van der Waals surface area contributed by atoms with Gasteiger partial charge in [0, 0.05) is 11.8 Å². The van der Waals surface area contributed by atoms with Crippen LogP contribution in [0.1, 0.15) is 17.4 Å². The second kappa shape index (κ2) is 2.66. The van der Waals surface area contributed by atoms with E-state index in [1.54, 1.807) is 6.20 Å². The van der Waals surface area contributed by atoms with Crippen molar-refractivity contribution in [2.75, 3.05) is 0 Å². The van der Waals surface area contributed by atoms with Crippen molar-refractivity contribution in [3.05, 3.63) is 53.9 Å². The van der Waals surface area contributed by atoms with E-state index < -0.39 is 6.10 Å². The van der Waals surface area contributed by atoms with Gasteiger partial charge in [0.25, 0.3) is 0 Å². The summed E-state index contributed by atoms with van der Waals surface area (Å²) >= 11 is 0. The predicted octanol–water partition coefficient (Wildman–Crippen LogP) is 2.14. The molecule has 0 amide bonds. The lowest BCUT2D eigenvalue weighted by Gasteiger charge is -2.02. The molecule has 14 heavy (non-hydrogen) atoms. The molecule has 2 nitrogen and oxygen atoms in total. The monoisotopic (exact) mass is 183 g/mol. The van der Waals surface area contributed by atoms with E-state index in [0.717, 1.165) is 22.4 Å². The number of benzene rings is 1. The summed E-state index contributed by atoms with van der Waals surface area (Å²) in [7, 11) is 0. The molecule has 2 heteroatoms. The smallest absolute Gasteiger partial charge is 0.122 e. The first kappa shape index (κ1) is 7.71. The number of aliphatic hydroxyl groups is 1. The number of nitrogens with zero attached hydrogens (tertiary/aromatic N) is 1. The fourth-order valence-corrected chi connectivity index (χ4v) is 1.99. The molecule has 1 heterocycles. The molecule has 1 aromatic heterocycles. The maximum Gasteiger partial charge on any atom is 0.122 e. The van der Waals surface area contributed by atoms with Gasteiger partial charge >= 0.3 is 0 Å². The number of rotatable bonds is 0. The molecular formula is C12H9NO. The van der Waals surface area contributed by atoms with Crippen molar-refractivity contribution in [3.8, 4) is 11.1 Å². The van der Waals surface area contributed by atoms with E-state index in [-0.39, 0.29) is 0 Å². The molecule has 1 atom stereocenters. The number of aliphatic hydroxyl groups excluding tert-OH is 1. The van der Waals surface area contributed by atoms with Gasteiger partial charge in [0.15, 0.2) is 0 Å². The second-order valence-electron chi connectivity index (χ2n) is 3.43. The van der Waals surface area contributed by atoms with E-state index in [1.165, 1.54) is 0 Å². The van der Waals surface area contributed by atoms with Gasteiger partial charge in [-0.15, -0.1) is 0 Å². The maximum absolute atomic E-state index is 9.97. The van der Waals surface area contributed by atoms with Gasteiger partial charge in [-0.3, -0.25) is 4.98 Å². The largest absolute Gasteiger partial charge is 0.382 e. The zero-order valence-electron chi connectivity index (χ0n) is 7.51. The molecule has 1 aromatic carbocycles. The van der Waals surface area contributed by atoms with Crippen molar-refractivity contribution >= 4 is 0 Å². The third-order valence-electron chi connectivity index (χ3n) is 2.64. The molecule has 0 saturated heterocycles. The first-order valence-electron chi connectivity index (χ1n) is 4.60. The number of aromatic nitrogens is 1. The minimum absolute atomic E-state index is 0.553. The lowest BCUT2D eigenvalue weighted by Crippen LogP contribution is -1.95. The minimum atomic E-state index is -0.553. The Labute approximate surface area is 81.9 Å². The number of fused-ring (bicyclic) bond motifs is 3. The van der Waals surface area contributed by atoms with Crippen LogP contribution in [0.15, 0.2) is 42.6 Å². The van der Waals surface area contributed by atoms with E-state index in [9.17, 15) is 5.11 Å². The zero-order valence-corrected chi connectivity index (χ0v) is 7.51. The van der Waals surface area contributed by atoms with Crippen molar-refractivity contribution in [2.24, 2.45) is 0 Å². The molecule has 0 spiro atoms. The van der Waals surface area contributed by atoms with Gasteiger partial charge in [0.05, 0.1) is 5.69 Å². The summed E-state index contributed by atoms with van der Waals surface area (Å²) in [6.45, 7) is 0. The van der Waals surface area contributed by atoms with Crippen LogP contribution in [0.2, 0.25) is 0 Å². The summed E-state index contributed by atoms with van der Waals surface area (Å²) < 4.78 is 0. The summed E-state index contributed by atoms with van der Waals surface area (Å²) in [5, 5.41) is 9.97. The topological polar surface area (TPSA) is 33.1 Å². The van der Waals surface area contributed by atoms with Crippen LogP contribution >= 0.6 is 0 Å². The van der Waals surface area contributed by atoms with Gasteiger partial charge in [-0.05, 0) is 17.2 Å². The van der Waals surface area contributed by atoms with Crippen LogP contribution in [0.3, 0.4) is 0 Å². The van der Waals surface area contributed by atoms with Crippen molar-refractivity contribution in [2.45, 2.75) is 6.10 Å². The van der Waals surface area contributed by atoms with Gasteiger partial charge < -0.3 is 5.11 Å². The Hall–Kier alpha value is -1.67. The summed E-state index contributed by atoms with van der Waals surface area (Å²) in [6, 6.07) is 11.8. The minimum Gasteiger partial charge on any atom is -0.382 e. The Kier molecular flexibility index (Phi) is 1.46. The Balaban J connectivity index is 2.36.